The lowest BCUT2D eigenvalue weighted by Crippen LogP contribution is -2.04. The molecule has 2 aromatic carbocycles. The SMILES string of the molecule is COc1ccccc1-n1nnc(-c2nc(-c3ccc(Br)cc3)cs2)c1N. The Morgan fingerprint density at radius 3 is 2.65 bits per heavy atom. The van der Waals surface area contributed by atoms with Crippen molar-refractivity contribution in [2.24, 2.45) is 0 Å². The molecule has 0 unspecified atom stereocenters. The van der Waals surface area contributed by atoms with Crippen molar-refractivity contribution in [1.29, 1.82) is 0 Å². The highest BCUT2D eigenvalue weighted by atomic mass is 79.9. The van der Waals surface area contributed by atoms with Crippen LogP contribution in [0.1, 0.15) is 0 Å². The monoisotopic (exact) mass is 427 g/mol. The van der Waals surface area contributed by atoms with Gasteiger partial charge in [0.2, 0.25) is 0 Å². The second kappa shape index (κ2) is 6.89. The van der Waals surface area contributed by atoms with Gasteiger partial charge in [0, 0.05) is 15.4 Å². The van der Waals surface area contributed by atoms with Crippen LogP contribution in [0.5, 0.6) is 5.75 Å². The summed E-state index contributed by atoms with van der Waals surface area (Å²) in [7, 11) is 1.61. The minimum absolute atomic E-state index is 0.422. The van der Waals surface area contributed by atoms with Crippen LogP contribution in [0.25, 0.3) is 27.6 Å². The first-order valence-electron chi connectivity index (χ1n) is 7.74. The third kappa shape index (κ3) is 2.97. The van der Waals surface area contributed by atoms with Gasteiger partial charge >= 0.3 is 0 Å². The highest BCUT2D eigenvalue weighted by molar-refractivity contribution is 9.10. The number of hydrogen-bond acceptors (Lipinski definition) is 6. The number of rotatable bonds is 4. The molecule has 0 aliphatic heterocycles. The molecule has 4 rings (SSSR count). The van der Waals surface area contributed by atoms with Gasteiger partial charge in [-0.1, -0.05) is 45.4 Å². The molecule has 0 aliphatic carbocycles. The number of nitrogen functional groups attached to an aromatic ring is 1. The number of para-hydroxylation sites is 2. The molecule has 2 N–H and O–H groups in total. The van der Waals surface area contributed by atoms with Crippen LogP contribution in [-0.2, 0) is 0 Å². The van der Waals surface area contributed by atoms with Gasteiger partial charge in [-0.3, -0.25) is 0 Å². The predicted octanol–water partition coefficient (Wildman–Crippen LogP) is 4.41. The first kappa shape index (κ1) is 16.7. The van der Waals surface area contributed by atoms with Crippen LogP contribution >= 0.6 is 27.3 Å². The second-order valence-electron chi connectivity index (χ2n) is 5.45. The maximum absolute atomic E-state index is 6.30. The van der Waals surface area contributed by atoms with E-state index in [0.717, 1.165) is 26.4 Å². The maximum Gasteiger partial charge on any atom is 0.165 e. The van der Waals surface area contributed by atoms with Crippen molar-refractivity contribution in [2.75, 3.05) is 12.8 Å². The zero-order chi connectivity index (χ0) is 18.1. The Hall–Kier alpha value is -2.71. The Balaban J connectivity index is 1.72. The average Bonchev–Trinajstić information content (AvgIpc) is 3.29. The summed E-state index contributed by atoms with van der Waals surface area (Å²) in [6, 6.07) is 15.5. The molecule has 0 aliphatic rings. The van der Waals surface area contributed by atoms with Gasteiger partial charge in [0.25, 0.3) is 0 Å². The Bertz CT molecular complexity index is 1060. The quantitative estimate of drug-likeness (QED) is 0.521. The van der Waals surface area contributed by atoms with Crippen molar-refractivity contribution in [1.82, 2.24) is 20.0 Å². The fraction of sp³-hybridized carbons (Fsp3) is 0.0556. The molecule has 130 valence electrons. The molecule has 0 atom stereocenters. The summed E-state index contributed by atoms with van der Waals surface area (Å²) in [6.07, 6.45) is 0. The van der Waals surface area contributed by atoms with E-state index in [4.69, 9.17) is 10.5 Å². The Morgan fingerprint density at radius 1 is 1.12 bits per heavy atom. The summed E-state index contributed by atoms with van der Waals surface area (Å²) >= 11 is 4.92. The van der Waals surface area contributed by atoms with Crippen LogP contribution in [0.2, 0.25) is 0 Å². The second-order valence-corrected chi connectivity index (χ2v) is 7.23. The third-order valence-corrected chi connectivity index (χ3v) is 5.24. The van der Waals surface area contributed by atoms with Gasteiger partial charge in [-0.15, -0.1) is 16.4 Å². The summed E-state index contributed by atoms with van der Waals surface area (Å²) < 4.78 is 7.97. The molecule has 0 spiro atoms. The number of benzene rings is 2. The van der Waals surface area contributed by atoms with E-state index in [2.05, 4.69) is 31.2 Å². The van der Waals surface area contributed by atoms with E-state index in [1.165, 1.54) is 11.3 Å². The van der Waals surface area contributed by atoms with Crippen LogP contribution in [0.3, 0.4) is 0 Å². The Labute approximate surface area is 162 Å². The van der Waals surface area contributed by atoms with Crippen LogP contribution in [0, 0.1) is 0 Å². The van der Waals surface area contributed by atoms with E-state index >= 15 is 0 Å². The largest absolute Gasteiger partial charge is 0.494 e. The Morgan fingerprint density at radius 2 is 1.88 bits per heavy atom. The standard InChI is InChI=1S/C18H14BrN5OS/c1-25-15-5-3-2-4-14(15)24-17(20)16(22-23-24)18-21-13(10-26-18)11-6-8-12(19)9-7-11/h2-10H,20H2,1H3. The van der Waals surface area contributed by atoms with E-state index in [1.807, 2.05) is 53.9 Å². The number of methoxy groups -OCH3 is 1. The highest BCUT2D eigenvalue weighted by Gasteiger charge is 2.18. The van der Waals surface area contributed by atoms with Crippen molar-refractivity contribution in [3.63, 3.8) is 0 Å². The van der Waals surface area contributed by atoms with Gasteiger partial charge in [0.15, 0.2) is 11.5 Å². The predicted molar refractivity (Wildman–Crippen MR) is 107 cm³/mol. The highest BCUT2D eigenvalue weighted by Crippen LogP contribution is 2.33. The molecule has 0 saturated carbocycles. The molecule has 0 radical (unpaired) electrons. The van der Waals surface area contributed by atoms with Crippen LogP contribution in [0.4, 0.5) is 5.82 Å². The minimum atomic E-state index is 0.422. The van der Waals surface area contributed by atoms with E-state index in [-0.39, 0.29) is 0 Å². The van der Waals surface area contributed by atoms with Crippen LogP contribution in [0.15, 0.2) is 58.4 Å². The number of aromatic nitrogens is 4. The van der Waals surface area contributed by atoms with Crippen molar-refractivity contribution < 1.29 is 4.74 Å². The number of ether oxygens (including phenoxy) is 1. The molecule has 0 saturated heterocycles. The van der Waals surface area contributed by atoms with E-state index in [1.54, 1.807) is 11.8 Å². The normalized spacial score (nSPS) is 10.8. The molecule has 26 heavy (non-hydrogen) atoms. The van der Waals surface area contributed by atoms with Crippen LogP contribution < -0.4 is 10.5 Å². The van der Waals surface area contributed by atoms with Gasteiger partial charge in [0.1, 0.15) is 16.4 Å². The fourth-order valence-corrected chi connectivity index (χ4v) is 3.64. The van der Waals surface area contributed by atoms with Gasteiger partial charge in [0.05, 0.1) is 12.8 Å². The summed E-state index contributed by atoms with van der Waals surface area (Å²) in [5, 5.41) is 11.1. The van der Waals surface area contributed by atoms with Gasteiger partial charge in [-0.2, -0.15) is 4.68 Å². The average molecular weight is 428 g/mol. The number of halogens is 1. The Kier molecular flexibility index (Phi) is 4.44. The molecule has 6 nitrogen and oxygen atoms in total. The lowest BCUT2D eigenvalue weighted by atomic mass is 10.2. The van der Waals surface area contributed by atoms with Gasteiger partial charge in [-0.05, 0) is 24.3 Å². The first-order valence-corrected chi connectivity index (χ1v) is 9.41. The van der Waals surface area contributed by atoms with E-state index in [9.17, 15) is 0 Å². The maximum atomic E-state index is 6.30. The molecule has 4 aromatic rings. The van der Waals surface area contributed by atoms with Gasteiger partial charge < -0.3 is 10.5 Å². The molecular weight excluding hydrogens is 414 g/mol. The van der Waals surface area contributed by atoms with Crippen molar-refractivity contribution in [3.8, 4) is 33.4 Å². The van der Waals surface area contributed by atoms with Crippen molar-refractivity contribution >= 4 is 33.1 Å². The lowest BCUT2D eigenvalue weighted by Gasteiger charge is -2.08. The summed E-state index contributed by atoms with van der Waals surface area (Å²) in [5.74, 6) is 1.09. The molecule has 0 fully saturated rings. The topological polar surface area (TPSA) is 78.8 Å². The lowest BCUT2D eigenvalue weighted by molar-refractivity contribution is 0.411. The molecule has 2 aromatic heterocycles. The summed E-state index contributed by atoms with van der Waals surface area (Å²) in [6.45, 7) is 0. The van der Waals surface area contributed by atoms with Crippen molar-refractivity contribution in [2.45, 2.75) is 0 Å². The van der Waals surface area contributed by atoms with Crippen molar-refractivity contribution in [3.05, 3.63) is 58.4 Å². The number of nitrogens with zero attached hydrogens (tertiary/aromatic N) is 4. The summed E-state index contributed by atoms with van der Waals surface area (Å²) in [5.41, 5.74) is 9.51. The minimum Gasteiger partial charge on any atom is -0.494 e. The molecule has 0 amide bonds. The molecule has 2 heterocycles. The number of anilines is 1. The first-order chi connectivity index (χ1) is 12.7. The summed E-state index contributed by atoms with van der Waals surface area (Å²) in [4.78, 5) is 4.67. The molecule has 0 bridgehead atoms. The van der Waals surface area contributed by atoms with Crippen LogP contribution in [-0.4, -0.2) is 27.1 Å². The fourth-order valence-electron chi connectivity index (χ4n) is 2.56. The number of thiazole rings is 1. The van der Waals surface area contributed by atoms with E-state index < -0.39 is 0 Å². The molecule has 8 heteroatoms. The van der Waals surface area contributed by atoms with E-state index in [0.29, 0.717) is 17.3 Å². The zero-order valence-corrected chi connectivity index (χ0v) is 16.2. The third-order valence-electron chi connectivity index (χ3n) is 3.87. The number of hydrogen-bond donors (Lipinski definition) is 1. The molecular formula is C18H14BrN5OS. The van der Waals surface area contributed by atoms with Gasteiger partial charge in [-0.25, -0.2) is 4.98 Å². The zero-order valence-electron chi connectivity index (χ0n) is 13.8. The smallest absolute Gasteiger partial charge is 0.165 e. The number of nitrogens with two attached hydrogens (primary N) is 1.